The molecule has 1 aromatic carbocycles. The zero-order chi connectivity index (χ0) is 15.8. The van der Waals surface area contributed by atoms with Crippen molar-refractivity contribution in [2.75, 3.05) is 23.3 Å². The molecular formula is C16H16N6O. The first kappa shape index (κ1) is 13.7. The second-order valence-corrected chi connectivity index (χ2v) is 5.51. The lowest BCUT2D eigenvalue weighted by Crippen LogP contribution is -2.31. The van der Waals surface area contributed by atoms with E-state index in [0.717, 1.165) is 28.5 Å². The zero-order valence-corrected chi connectivity index (χ0v) is 12.7. The van der Waals surface area contributed by atoms with Crippen molar-refractivity contribution in [1.29, 1.82) is 0 Å². The Morgan fingerprint density at radius 3 is 2.96 bits per heavy atom. The van der Waals surface area contributed by atoms with Crippen molar-refractivity contribution in [3.63, 3.8) is 0 Å². The number of nitrogens with zero attached hydrogens (tertiary/aromatic N) is 5. The van der Waals surface area contributed by atoms with Gasteiger partial charge in [-0.05, 0) is 30.7 Å². The Hall–Kier alpha value is -2.96. The molecule has 0 radical (unpaired) electrons. The predicted octanol–water partition coefficient (Wildman–Crippen LogP) is 1.43. The van der Waals surface area contributed by atoms with E-state index in [9.17, 15) is 4.79 Å². The van der Waals surface area contributed by atoms with Crippen LogP contribution in [0.3, 0.4) is 0 Å². The molecule has 0 fully saturated rings. The first-order chi connectivity index (χ1) is 11.2. The second kappa shape index (κ2) is 5.35. The Labute approximate surface area is 132 Å². The van der Waals surface area contributed by atoms with Crippen LogP contribution in [-0.4, -0.2) is 38.8 Å². The summed E-state index contributed by atoms with van der Waals surface area (Å²) in [5.41, 5.74) is 2.83. The summed E-state index contributed by atoms with van der Waals surface area (Å²) in [4.78, 5) is 13.9. The zero-order valence-electron chi connectivity index (χ0n) is 12.7. The van der Waals surface area contributed by atoms with E-state index in [4.69, 9.17) is 0 Å². The Morgan fingerprint density at radius 2 is 2.04 bits per heavy atom. The molecule has 4 rings (SSSR count). The summed E-state index contributed by atoms with van der Waals surface area (Å²) in [5.74, 6) is 1.62. The SMILES string of the molecule is Cc1nnc2ccc(NCCN3C(=O)Cc4ccccc43)nn12. The van der Waals surface area contributed by atoms with Crippen LogP contribution in [-0.2, 0) is 11.2 Å². The third-order valence-electron chi connectivity index (χ3n) is 3.99. The molecule has 1 aliphatic heterocycles. The molecule has 116 valence electrons. The standard InChI is InChI=1S/C16H16N6O/c1-11-18-19-15-7-6-14(20-22(11)15)17-8-9-21-13-5-3-2-4-12(13)10-16(21)23/h2-7H,8-10H2,1H3,(H,17,20). The van der Waals surface area contributed by atoms with E-state index in [1.807, 2.05) is 48.2 Å². The number of anilines is 2. The van der Waals surface area contributed by atoms with Crippen LogP contribution in [0.4, 0.5) is 11.5 Å². The van der Waals surface area contributed by atoms with E-state index >= 15 is 0 Å². The minimum Gasteiger partial charge on any atom is -0.367 e. The Morgan fingerprint density at radius 1 is 1.17 bits per heavy atom. The van der Waals surface area contributed by atoms with Crippen molar-refractivity contribution in [3.8, 4) is 0 Å². The normalized spacial score (nSPS) is 13.6. The van der Waals surface area contributed by atoms with Crippen LogP contribution in [0.15, 0.2) is 36.4 Å². The number of benzene rings is 1. The van der Waals surface area contributed by atoms with Crippen molar-refractivity contribution in [2.45, 2.75) is 13.3 Å². The summed E-state index contributed by atoms with van der Waals surface area (Å²) in [5, 5.41) is 15.7. The van der Waals surface area contributed by atoms with E-state index < -0.39 is 0 Å². The third kappa shape index (κ3) is 2.40. The number of carbonyl (C=O) groups is 1. The third-order valence-corrected chi connectivity index (χ3v) is 3.99. The molecule has 0 aliphatic carbocycles. The number of rotatable bonds is 4. The number of nitrogens with one attached hydrogen (secondary N) is 1. The number of hydrogen-bond donors (Lipinski definition) is 1. The molecule has 7 nitrogen and oxygen atoms in total. The Balaban J connectivity index is 1.45. The van der Waals surface area contributed by atoms with Crippen LogP contribution in [0.25, 0.3) is 5.65 Å². The van der Waals surface area contributed by atoms with Crippen LogP contribution in [0, 0.1) is 6.92 Å². The Bertz CT molecular complexity index is 887. The van der Waals surface area contributed by atoms with Crippen LogP contribution < -0.4 is 10.2 Å². The number of aryl methyl sites for hydroxylation is 1. The van der Waals surface area contributed by atoms with Crippen molar-refractivity contribution < 1.29 is 4.79 Å². The number of hydrogen-bond acceptors (Lipinski definition) is 5. The minimum absolute atomic E-state index is 0.145. The first-order valence-corrected chi connectivity index (χ1v) is 7.53. The largest absolute Gasteiger partial charge is 0.367 e. The molecule has 0 atom stereocenters. The molecule has 0 spiro atoms. The highest BCUT2D eigenvalue weighted by Crippen LogP contribution is 2.27. The number of amides is 1. The topological polar surface area (TPSA) is 75.4 Å². The predicted molar refractivity (Wildman–Crippen MR) is 86.5 cm³/mol. The van der Waals surface area contributed by atoms with Crippen LogP contribution >= 0.6 is 0 Å². The van der Waals surface area contributed by atoms with Gasteiger partial charge in [-0.1, -0.05) is 18.2 Å². The van der Waals surface area contributed by atoms with Gasteiger partial charge in [-0.15, -0.1) is 15.3 Å². The molecule has 1 amide bonds. The molecule has 3 aromatic rings. The van der Waals surface area contributed by atoms with Crippen molar-refractivity contribution in [3.05, 3.63) is 47.8 Å². The molecule has 0 unspecified atom stereocenters. The summed E-state index contributed by atoms with van der Waals surface area (Å²) in [6.45, 7) is 3.09. The van der Waals surface area contributed by atoms with Gasteiger partial charge in [-0.25, -0.2) is 0 Å². The summed E-state index contributed by atoms with van der Waals surface area (Å²) in [6, 6.07) is 11.7. The highest BCUT2D eigenvalue weighted by Gasteiger charge is 2.25. The number of carbonyl (C=O) groups excluding carboxylic acids is 1. The molecule has 2 aromatic heterocycles. The maximum absolute atomic E-state index is 12.1. The molecule has 0 saturated carbocycles. The van der Waals surface area contributed by atoms with Gasteiger partial charge in [0.25, 0.3) is 0 Å². The highest BCUT2D eigenvalue weighted by atomic mass is 16.2. The van der Waals surface area contributed by atoms with Gasteiger partial charge in [-0.2, -0.15) is 4.52 Å². The number of fused-ring (bicyclic) bond motifs is 2. The monoisotopic (exact) mass is 308 g/mol. The van der Waals surface area contributed by atoms with Gasteiger partial charge in [-0.3, -0.25) is 4.79 Å². The van der Waals surface area contributed by atoms with E-state index in [0.29, 0.717) is 19.5 Å². The molecule has 3 heterocycles. The minimum atomic E-state index is 0.145. The van der Waals surface area contributed by atoms with Gasteiger partial charge < -0.3 is 10.2 Å². The van der Waals surface area contributed by atoms with E-state index in [1.165, 1.54) is 0 Å². The highest BCUT2D eigenvalue weighted by molar-refractivity contribution is 6.01. The van der Waals surface area contributed by atoms with E-state index in [2.05, 4.69) is 20.6 Å². The summed E-state index contributed by atoms with van der Waals surface area (Å²) < 4.78 is 1.69. The number of para-hydroxylation sites is 1. The van der Waals surface area contributed by atoms with Crippen molar-refractivity contribution in [2.24, 2.45) is 0 Å². The van der Waals surface area contributed by atoms with Crippen LogP contribution in [0.2, 0.25) is 0 Å². The summed E-state index contributed by atoms with van der Waals surface area (Å²) in [7, 11) is 0. The van der Waals surface area contributed by atoms with E-state index in [1.54, 1.807) is 4.52 Å². The lowest BCUT2D eigenvalue weighted by Gasteiger charge is -2.17. The maximum Gasteiger partial charge on any atom is 0.231 e. The fraction of sp³-hybridized carbons (Fsp3) is 0.250. The molecule has 1 aliphatic rings. The number of aromatic nitrogens is 4. The fourth-order valence-corrected chi connectivity index (χ4v) is 2.85. The van der Waals surface area contributed by atoms with Crippen molar-refractivity contribution in [1.82, 2.24) is 19.8 Å². The van der Waals surface area contributed by atoms with Gasteiger partial charge in [0, 0.05) is 18.8 Å². The second-order valence-electron chi connectivity index (χ2n) is 5.51. The molecule has 0 bridgehead atoms. The van der Waals surface area contributed by atoms with Crippen molar-refractivity contribution >= 4 is 23.1 Å². The summed E-state index contributed by atoms with van der Waals surface area (Å²) in [6.07, 6.45) is 0.486. The lowest BCUT2D eigenvalue weighted by atomic mass is 10.2. The van der Waals surface area contributed by atoms with Gasteiger partial charge in [0.05, 0.1) is 6.42 Å². The Kier molecular flexibility index (Phi) is 3.18. The first-order valence-electron chi connectivity index (χ1n) is 7.53. The van der Waals surface area contributed by atoms with Crippen LogP contribution in [0.5, 0.6) is 0 Å². The van der Waals surface area contributed by atoms with Gasteiger partial charge >= 0.3 is 0 Å². The smallest absolute Gasteiger partial charge is 0.231 e. The molecule has 23 heavy (non-hydrogen) atoms. The molecular weight excluding hydrogens is 292 g/mol. The van der Waals surface area contributed by atoms with Crippen LogP contribution in [0.1, 0.15) is 11.4 Å². The average molecular weight is 308 g/mol. The molecule has 1 N–H and O–H groups in total. The molecule has 7 heteroatoms. The molecule has 0 saturated heterocycles. The van der Waals surface area contributed by atoms with Gasteiger partial charge in [0.15, 0.2) is 11.5 Å². The lowest BCUT2D eigenvalue weighted by molar-refractivity contribution is -0.117. The average Bonchev–Trinajstić information content (AvgIpc) is 3.08. The fourth-order valence-electron chi connectivity index (χ4n) is 2.85. The maximum atomic E-state index is 12.1. The summed E-state index contributed by atoms with van der Waals surface area (Å²) >= 11 is 0. The van der Waals surface area contributed by atoms with Gasteiger partial charge in [0.2, 0.25) is 5.91 Å². The quantitative estimate of drug-likeness (QED) is 0.789. The van der Waals surface area contributed by atoms with Gasteiger partial charge in [0.1, 0.15) is 5.82 Å². The van der Waals surface area contributed by atoms with E-state index in [-0.39, 0.29) is 5.91 Å².